The van der Waals surface area contributed by atoms with Crippen LogP contribution in [0.5, 0.6) is 0 Å². The standard InChI is InChI=1S/C20H28N4O4S2/c1-14-10-17(15(2)24(14)16-6-9-30(26,27)13-16)18(25)12-29-20-22-21-19(28-20)11-23-7-4-3-5-8-23/h10,16H,3-9,11-13H2,1-2H3/t16-/m0/s1. The Kier molecular flexibility index (Phi) is 6.36. The van der Waals surface area contributed by atoms with Crippen LogP contribution in [0, 0.1) is 13.8 Å². The molecule has 2 fully saturated rings. The number of carbonyl (C=O) groups excluding carboxylic acids is 1. The molecule has 0 bridgehead atoms. The second kappa shape index (κ2) is 8.84. The van der Waals surface area contributed by atoms with Gasteiger partial charge in [0.1, 0.15) is 0 Å². The van der Waals surface area contributed by atoms with E-state index in [-0.39, 0.29) is 29.1 Å². The summed E-state index contributed by atoms with van der Waals surface area (Å²) in [6, 6.07) is 1.77. The fourth-order valence-electron chi connectivity index (χ4n) is 4.47. The number of nitrogens with zero attached hydrogens (tertiary/aromatic N) is 4. The van der Waals surface area contributed by atoms with E-state index in [1.54, 1.807) is 0 Å². The molecule has 0 saturated carbocycles. The first-order valence-corrected chi connectivity index (χ1v) is 13.2. The van der Waals surface area contributed by atoms with Crippen LogP contribution in [-0.2, 0) is 16.4 Å². The second-order valence-corrected chi connectivity index (χ2v) is 11.4. The van der Waals surface area contributed by atoms with Crippen molar-refractivity contribution in [1.82, 2.24) is 19.7 Å². The molecular formula is C20H28N4O4S2. The van der Waals surface area contributed by atoms with Crippen molar-refractivity contribution in [2.45, 2.75) is 57.3 Å². The fourth-order valence-corrected chi connectivity index (χ4v) is 6.84. The number of thioether (sulfide) groups is 1. The van der Waals surface area contributed by atoms with Gasteiger partial charge in [-0.25, -0.2) is 8.42 Å². The van der Waals surface area contributed by atoms with Crippen LogP contribution in [0.25, 0.3) is 0 Å². The highest BCUT2D eigenvalue weighted by Crippen LogP contribution is 2.30. The Labute approximate surface area is 181 Å². The van der Waals surface area contributed by atoms with Gasteiger partial charge in [0.25, 0.3) is 5.22 Å². The first-order chi connectivity index (χ1) is 14.3. The maximum absolute atomic E-state index is 12.8. The van der Waals surface area contributed by atoms with Gasteiger partial charge in [-0.3, -0.25) is 9.69 Å². The van der Waals surface area contributed by atoms with Crippen LogP contribution in [0.3, 0.4) is 0 Å². The second-order valence-electron chi connectivity index (χ2n) is 8.22. The van der Waals surface area contributed by atoms with Gasteiger partial charge in [-0.15, -0.1) is 10.2 Å². The van der Waals surface area contributed by atoms with Gasteiger partial charge >= 0.3 is 0 Å². The minimum Gasteiger partial charge on any atom is -0.415 e. The number of aromatic nitrogens is 3. The van der Waals surface area contributed by atoms with Gasteiger partial charge in [0.15, 0.2) is 15.6 Å². The number of piperidine rings is 1. The zero-order valence-electron chi connectivity index (χ0n) is 17.5. The lowest BCUT2D eigenvalue weighted by molar-refractivity contribution is 0.102. The minimum atomic E-state index is -2.98. The molecule has 2 aromatic rings. The monoisotopic (exact) mass is 452 g/mol. The molecule has 4 rings (SSSR count). The first-order valence-electron chi connectivity index (χ1n) is 10.4. The van der Waals surface area contributed by atoms with E-state index in [2.05, 4.69) is 15.1 Å². The van der Waals surface area contributed by atoms with Gasteiger partial charge in [-0.05, 0) is 52.3 Å². The molecule has 2 aliphatic heterocycles. The summed E-state index contributed by atoms with van der Waals surface area (Å²) in [5.74, 6) is 1.14. The van der Waals surface area contributed by atoms with E-state index >= 15 is 0 Å². The molecule has 164 valence electrons. The molecule has 2 aromatic heterocycles. The number of ketones is 1. The Morgan fingerprint density at radius 1 is 1.23 bits per heavy atom. The molecule has 0 aromatic carbocycles. The van der Waals surface area contributed by atoms with Crippen LogP contribution in [-0.4, -0.2) is 64.2 Å². The third kappa shape index (κ3) is 4.81. The third-order valence-corrected chi connectivity index (χ3v) is 8.51. The zero-order chi connectivity index (χ0) is 21.3. The van der Waals surface area contributed by atoms with Crippen molar-refractivity contribution in [1.29, 1.82) is 0 Å². The fraction of sp³-hybridized carbons (Fsp3) is 0.650. The highest BCUT2D eigenvalue weighted by atomic mass is 32.2. The normalized spacial score (nSPS) is 21.9. The van der Waals surface area contributed by atoms with E-state index in [0.717, 1.165) is 24.5 Å². The van der Waals surface area contributed by atoms with Crippen molar-refractivity contribution in [2.75, 3.05) is 30.3 Å². The predicted octanol–water partition coefficient (Wildman–Crippen LogP) is 2.81. The minimum absolute atomic E-state index is 0.0176. The molecule has 0 N–H and O–H groups in total. The van der Waals surface area contributed by atoms with E-state index in [1.807, 2.05) is 24.5 Å². The van der Waals surface area contributed by atoms with Gasteiger partial charge in [0.05, 0.1) is 23.8 Å². The number of sulfone groups is 1. The van der Waals surface area contributed by atoms with Crippen LogP contribution in [0.2, 0.25) is 0 Å². The van der Waals surface area contributed by atoms with Crippen molar-refractivity contribution in [3.8, 4) is 0 Å². The SMILES string of the molecule is Cc1cc(C(=O)CSc2nnc(CN3CCCCC3)o2)c(C)n1[C@H]1CCS(=O)(=O)C1. The molecule has 1 atom stereocenters. The van der Waals surface area contributed by atoms with Crippen molar-refractivity contribution in [3.05, 3.63) is 28.9 Å². The van der Waals surface area contributed by atoms with Gasteiger partial charge < -0.3 is 8.98 Å². The highest BCUT2D eigenvalue weighted by Gasteiger charge is 2.31. The van der Waals surface area contributed by atoms with E-state index in [9.17, 15) is 13.2 Å². The summed E-state index contributed by atoms with van der Waals surface area (Å²) in [7, 11) is -2.98. The van der Waals surface area contributed by atoms with E-state index < -0.39 is 9.84 Å². The average Bonchev–Trinajstić information content (AvgIpc) is 3.38. The molecule has 0 unspecified atom stereocenters. The van der Waals surface area contributed by atoms with Gasteiger partial charge in [0.2, 0.25) is 5.89 Å². The Bertz CT molecular complexity index is 1020. The lowest BCUT2D eigenvalue weighted by Gasteiger charge is -2.24. The first kappa shape index (κ1) is 21.6. The lowest BCUT2D eigenvalue weighted by Crippen LogP contribution is -2.29. The number of rotatable bonds is 7. The molecular weight excluding hydrogens is 424 g/mol. The number of likely N-dealkylation sites (tertiary alicyclic amines) is 1. The maximum Gasteiger partial charge on any atom is 0.277 e. The molecule has 2 aliphatic rings. The van der Waals surface area contributed by atoms with Crippen LogP contribution in [0.4, 0.5) is 0 Å². The molecule has 2 saturated heterocycles. The van der Waals surface area contributed by atoms with Crippen LogP contribution < -0.4 is 0 Å². The van der Waals surface area contributed by atoms with Crippen molar-refractivity contribution < 1.29 is 17.6 Å². The molecule has 0 radical (unpaired) electrons. The quantitative estimate of drug-likeness (QED) is 0.467. The van der Waals surface area contributed by atoms with Gasteiger partial charge in [-0.1, -0.05) is 18.2 Å². The molecule has 4 heterocycles. The summed E-state index contributed by atoms with van der Waals surface area (Å²) in [5.41, 5.74) is 2.39. The highest BCUT2D eigenvalue weighted by molar-refractivity contribution is 7.99. The van der Waals surface area contributed by atoms with Gasteiger partial charge in [0, 0.05) is 23.0 Å². The zero-order valence-corrected chi connectivity index (χ0v) is 19.1. The van der Waals surface area contributed by atoms with Crippen LogP contribution >= 0.6 is 11.8 Å². The van der Waals surface area contributed by atoms with E-state index in [4.69, 9.17) is 4.42 Å². The van der Waals surface area contributed by atoms with Gasteiger partial charge in [-0.2, -0.15) is 0 Å². The van der Waals surface area contributed by atoms with Crippen molar-refractivity contribution in [3.63, 3.8) is 0 Å². The third-order valence-electron chi connectivity index (χ3n) is 5.94. The number of hydrogen-bond donors (Lipinski definition) is 0. The largest absolute Gasteiger partial charge is 0.415 e. The molecule has 0 amide bonds. The summed E-state index contributed by atoms with van der Waals surface area (Å²) >= 11 is 1.25. The number of Topliss-reactive ketones (excluding diaryl/α,β-unsaturated/α-hetero) is 1. The van der Waals surface area contributed by atoms with E-state index in [0.29, 0.717) is 29.6 Å². The molecule has 8 nitrogen and oxygen atoms in total. The van der Waals surface area contributed by atoms with E-state index in [1.165, 1.54) is 31.0 Å². The maximum atomic E-state index is 12.8. The predicted molar refractivity (Wildman–Crippen MR) is 115 cm³/mol. The Balaban J connectivity index is 1.37. The molecule has 30 heavy (non-hydrogen) atoms. The summed E-state index contributed by atoms with van der Waals surface area (Å²) < 4.78 is 31.4. The lowest BCUT2D eigenvalue weighted by atomic mass is 10.1. The smallest absolute Gasteiger partial charge is 0.277 e. The van der Waals surface area contributed by atoms with Crippen LogP contribution in [0.15, 0.2) is 15.7 Å². The molecule has 0 spiro atoms. The summed E-state index contributed by atoms with van der Waals surface area (Å²) in [6.45, 7) is 6.58. The topological polar surface area (TPSA) is 98.3 Å². The van der Waals surface area contributed by atoms with Crippen molar-refractivity contribution >= 4 is 27.4 Å². The molecule has 0 aliphatic carbocycles. The number of aryl methyl sites for hydroxylation is 1. The Morgan fingerprint density at radius 2 is 2.00 bits per heavy atom. The summed E-state index contributed by atoms with van der Waals surface area (Å²) in [6.07, 6.45) is 4.29. The summed E-state index contributed by atoms with van der Waals surface area (Å²) in [5, 5.41) is 8.59. The molecule has 10 heteroatoms. The van der Waals surface area contributed by atoms with Crippen molar-refractivity contribution in [2.24, 2.45) is 0 Å². The Hall–Kier alpha value is -1.65. The van der Waals surface area contributed by atoms with Crippen LogP contribution in [0.1, 0.15) is 59.4 Å². The average molecular weight is 453 g/mol. The Morgan fingerprint density at radius 3 is 2.70 bits per heavy atom. The number of carbonyl (C=O) groups is 1. The number of hydrogen-bond acceptors (Lipinski definition) is 8. The summed E-state index contributed by atoms with van der Waals surface area (Å²) in [4.78, 5) is 15.1.